The van der Waals surface area contributed by atoms with Crippen LogP contribution >= 0.6 is 0 Å². The first-order chi connectivity index (χ1) is 14.1. The molecule has 0 unspecified atom stereocenters. The SMILES string of the molecule is CC(C)(C)OC(=O)CN(CCNC(=O)OC(C)(C)C)C(=O)c1cc([N+](=O)[O-])ccc1F. The Balaban J connectivity index is 3.03. The van der Waals surface area contributed by atoms with E-state index < -0.39 is 57.7 Å². The van der Waals surface area contributed by atoms with Crippen molar-refractivity contribution < 1.29 is 33.2 Å². The third-order valence-electron chi connectivity index (χ3n) is 3.47. The largest absolute Gasteiger partial charge is 0.459 e. The minimum Gasteiger partial charge on any atom is -0.459 e. The number of alkyl carbamates (subject to hydrolysis) is 1. The summed E-state index contributed by atoms with van der Waals surface area (Å²) >= 11 is 0. The van der Waals surface area contributed by atoms with Crippen LogP contribution in [-0.2, 0) is 14.3 Å². The van der Waals surface area contributed by atoms with E-state index in [1.54, 1.807) is 41.5 Å². The van der Waals surface area contributed by atoms with Gasteiger partial charge in [-0.3, -0.25) is 19.7 Å². The molecule has 0 atom stereocenters. The second kappa shape index (κ2) is 10.2. The molecule has 1 aromatic rings. The lowest BCUT2D eigenvalue weighted by molar-refractivity contribution is -0.384. The first-order valence-corrected chi connectivity index (χ1v) is 9.51. The first kappa shape index (κ1) is 25.8. The van der Waals surface area contributed by atoms with Gasteiger partial charge in [-0.15, -0.1) is 0 Å². The van der Waals surface area contributed by atoms with Crippen LogP contribution in [0.1, 0.15) is 51.9 Å². The molecule has 0 fully saturated rings. The number of nitrogens with zero attached hydrogens (tertiary/aromatic N) is 2. The van der Waals surface area contributed by atoms with Crippen molar-refractivity contribution in [2.24, 2.45) is 0 Å². The number of hydrogen-bond donors (Lipinski definition) is 1. The number of halogens is 1. The van der Waals surface area contributed by atoms with Gasteiger partial charge < -0.3 is 19.7 Å². The Hall–Kier alpha value is -3.24. The van der Waals surface area contributed by atoms with E-state index in [0.29, 0.717) is 0 Å². The van der Waals surface area contributed by atoms with Crippen molar-refractivity contribution in [1.82, 2.24) is 10.2 Å². The highest BCUT2D eigenvalue weighted by atomic mass is 19.1. The van der Waals surface area contributed by atoms with Crippen LogP contribution in [0.5, 0.6) is 0 Å². The molecule has 0 aliphatic carbocycles. The van der Waals surface area contributed by atoms with Crippen molar-refractivity contribution in [3.05, 3.63) is 39.7 Å². The highest BCUT2D eigenvalue weighted by Crippen LogP contribution is 2.19. The number of nitro benzene ring substituents is 1. The number of hydrogen-bond acceptors (Lipinski definition) is 7. The monoisotopic (exact) mass is 441 g/mol. The lowest BCUT2D eigenvalue weighted by atomic mass is 10.1. The summed E-state index contributed by atoms with van der Waals surface area (Å²) in [6.45, 7) is 9.10. The average Bonchev–Trinajstić information content (AvgIpc) is 2.57. The zero-order valence-corrected chi connectivity index (χ0v) is 18.5. The number of nitro groups is 1. The lowest BCUT2D eigenvalue weighted by Gasteiger charge is -2.26. The van der Waals surface area contributed by atoms with E-state index in [9.17, 15) is 28.9 Å². The van der Waals surface area contributed by atoms with Crippen LogP contribution in [0.4, 0.5) is 14.9 Å². The molecule has 0 saturated carbocycles. The van der Waals surface area contributed by atoms with Gasteiger partial charge in [0.1, 0.15) is 23.6 Å². The summed E-state index contributed by atoms with van der Waals surface area (Å²) in [5.41, 5.74) is -2.61. The molecule has 0 bridgehead atoms. The smallest absolute Gasteiger partial charge is 0.407 e. The maximum atomic E-state index is 14.2. The van der Waals surface area contributed by atoms with Crippen molar-refractivity contribution in [1.29, 1.82) is 0 Å². The molecule has 2 amide bonds. The van der Waals surface area contributed by atoms with Gasteiger partial charge in [0.25, 0.3) is 11.6 Å². The summed E-state index contributed by atoms with van der Waals surface area (Å²) < 4.78 is 24.5. The fraction of sp³-hybridized carbons (Fsp3) is 0.550. The van der Waals surface area contributed by atoms with E-state index in [1.165, 1.54) is 0 Å². The van der Waals surface area contributed by atoms with Gasteiger partial charge in [0.2, 0.25) is 0 Å². The molecule has 172 valence electrons. The highest BCUT2D eigenvalue weighted by molar-refractivity contribution is 5.96. The van der Waals surface area contributed by atoms with Crippen molar-refractivity contribution >= 4 is 23.7 Å². The average molecular weight is 441 g/mol. The number of benzene rings is 1. The highest BCUT2D eigenvalue weighted by Gasteiger charge is 2.26. The molecule has 0 aliphatic heterocycles. The van der Waals surface area contributed by atoms with E-state index >= 15 is 0 Å². The number of carbonyl (C=O) groups excluding carboxylic acids is 3. The topological polar surface area (TPSA) is 128 Å². The van der Waals surface area contributed by atoms with Gasteiger partial charge in [0.15, 0.2) is 0 Å². The normalized spacial score (nSPS) is 11.5. The number of rotatable bonds is 7. The molecular weight excluding hydrogens is 413 g/mol. The summed E-state index contributed by atoms with van der Waals surface area (Å²) in [6.07, 6.45) is -0.737. The van der Waals surface area contributed by atoms with Gasteiger partial charge in [-0.2, -0.15) is 0 Å². The van der Waals surface area contributed by atoms with Gasteiger partial charge in [-0.25, -0.2) is 9.18 Å². The maximum Gasteiger partial charge on any atom is 0.407 e. The summed E-state index contributed by atoms with van der Waals surface area (Å²) in [6, 6.07) is 2.52. The molecule has 31 heavy (non-hydrogen) atoms. The molecule has 10 nitrogen and oxygen atoms in total. The predicted octanol–water partition coefficient (Wildman–Crippen LogP) is 3.04. The quantitative estimate of drug-likeness (QED) is 0.391. The van der Waals surface area contributed by atoms with Gasteiger partial charge in [0.05, 0.1) is 10.5 Å². The molecular formula is C20H28FN3O7. The number of amides is 2. The Bertz CT molecular complexity index is 844. The minimum atomic E-state index is -0.982. The standard InChI is InChI=1S/C20H28FN3O7/c1-19(2,3)30-16(25)12-23(10-9-22-18(27)31-20(4,5)6)17(26)14-11-13(24(28)29)7-8-15(14)21/h7-8,11H,9-10,12H2,1-6H3,(H,22,27). The molecule has 0 radical (unpaired) electrons. The van der Waals surface area contributed by atoms with Gasteiger partial charge in [0, 0.05) is 25.2 Å². The molecule has 0 aliphatic rings. The van der Waals surface area contributed by atoms with Crippen LogP contribution in [-0.4, -0.2) is 58.6 Å². The molecule has 1 rings (SSSR count). The summed E-state index contributed by atoms with van der Waals surface area (Å²) in [5, 5.41) is 13.4. The maximum absolute atomic E-state index is 14.2. The molecule has 1 aromatic carbocycles. The number of esters is 1. The van der Waals surface area contributed by atoms with Crippen LogP contribution in [0.15, 0.2) is 18.2 Å². The van der Waals surface area contributed by atoms with Gasteiger partial charge >= 0.3 is 12.1 Å². The van der Waals surface area contributed by atoms with Gasteiger partial charge in [-0.1, -0.05) is 0 Å². The number of nitrogens with one attached hydrogen (secondary N) is 1. The summed E-state index contributed by atoms with van der Waals surface area (Å²) in [5.74, 6) is -2.70. The second-order valence-corrected chi connectivity index (χ2v) is 8.66. The lowest BCUT2D eigenvalue weighted by Crippen LogP contribution is -2.44. The van der Waals surface area contributed by atoms with Crippen LogP contribution in [0.2, 0.25) is 0 Å². The fourth-order valence-corrected chi connectivity index (χ4v) is 2.35. The Kier molecular flexibility index (Phi) is 8.47. The Morgan fingerprint density at radius 1 is 1.10 bits per heavy atom. The Morgan fingerprint density at radius 3 is 2.19 bits per heavy atom. The van der Waals surface area contributed by atoms with Crippen molar-refractivity contribution in [2.45, 2.75) is 52.7 Å². The summed E-state index contributed by atoms with van der Waals surface area (Å²) in [7, 11) is 0. The first-order valence-electron chi connectivity index (χ1n) is 9.51. The third-order valence-corrected chi connectivity index (χ3v) is 3.47. The van der Waals surface area contributed by atoms with E-state index in [-0.39, 0.29) is 13.1 Å². The zero-order valence-electron chi connectivity index (χ0n) is 18.5. The fourth-order valence-electron chi connectivity index (χ4n) is 2.35. The van der Waals surface area contributed by atoms with Crippen molar-refractivity contribution in [2.75, 3.05) is 19.6 Å². The molecule has 0 saturated heterocycles. The molecule has 0 aromatic heterocycles. The molecule has 0 spiro atoms. The van der Waals surface area contributed by atoms with E-state index in [0.717, 1.165) is 23.1 Å². The van der Waals surface area contributed by atoms with Crippen LogP contribution in [0.3, 0.4) is 0 Å². The third kappa shape index (κ3) is 9.41. The Morgan fingerprint density at radius 2 is 1.68 bits per heavy atom. The second-order valence-electron chi connectivity index (χ2n) is 8.66. The molecule has 0 heterocycles. The van der Waals surface area contributed by atoms with Crippen LogP contribution in [0, 0.1) is 15.9 Å². The van der Waals surface area contributed by atoms with Crippen molar-refractivity contribution in [3.8, 4) is 0 Å². The van der Waals surface area contributed by atoms with Crippen LogP contribution in [0.25, 0.3) is 0 Å². The number of non-ortho nitro benzene ring substituents is 1. The Labute approximate surface area is 179 Å². The van der Waals surface area contributed by atoms with Crippen LogP contribution < -0.4 is 5.32 Å². The molecule has 1 N–H and O–H groups in total. The molecule has 11 heteroatoms. The van der Waals surface area contributed by atoms with Crippen molar-refractivity contribution in [3.63, 3.8) is 0 Å². The van der Waals surface area contributed by atoms with E-state index in [1.807, 2.05) is 0 Å². The number of carbonyl (C=O) groups is 3. The van der Waals surface area contributed by atoms with Gasteiger partial charge in [-0.05, 0) is 47.6 Å². The zero-order chi connectivity index (χ0) is 24.0. The minimum absolute atomic E-state index is 0.111. The predicted molar refractivity (Wildman–Crippen MR) is 109 cm³/mol. The van der Waals surface area contributed by atoms with E-state index in [2.05, 4.69) is 5.32 Å². The summed E-state index contributed by atoms with van der Waals surface area (Å²) in [4.78, 5) is 48.0. The van der Waals surface area contributed by atoms with E-state index in [4.69, 9.17) is 9.47 Å². The number of ether oxygens (including phenoxy) is 2.